The molecule has 0 aromatic heterocycles. The van der Waals surface area contributed by atoms with Gasteiger partial charge in [-0.3, -0.25) is 0 Å². The van der Waals surface area contributed by atoms with Crippen LogP contribution in [0.1, 0.15) is 36.5 Å². The first kappa shape index (κ1) is 16.3. The molecule has 0 aliphatic rings. The van der Waals surface area contributed by atoms with Crippen molar-refractivity contribution < 1.29 is 9.13 Å². The highest BCUT2D eigenvalue weighted by Crippen LogP contribution is 2.35. The van der Waals surface area contributed by atoms with E-state index in [4.69, 9.17) is 16.3 Å². The van der Waals surface area contributed by atoms with Crippen LogP contribution in [0.2, 0.25) is 5.02 Å². The molecule has 0 atom stereocenters. The molecule has 21 heavy (non-hydrogen) atoms. The minimum Gasteiger partial charge on any atom is -0.457 e. The minimum atomic E-state index is -0.278. The molecule has 0 amide bonds. The lowest BCUT2D eigenvalue weighted by Gasteiger charge is -2.16. The summed E-state index contributed by atoms with van der Waals surface area (Å²) < 4.78 is 19.7. The van der Waals surface area contributed by atoms with Crippen molar-refractivity contribution in [3.63, 3.8) is 0 Å². The van der Waals surface area contributed by atoms with Crippen LogP contribution in [0.3, 0.4) is 0 Å². The zero-order valence-electron chi connectivity index (χ0n) is 12.2. The first-order chi connectivity index (χ1) is 9.93. The van der Waals surface area contributed by atoms with Crippen molar-refractivity contribution in [1.82, 2.24) is 0 Å². The van der Waals surface area contributed by atoms with Crippen molar-refractivity contribution in [1.29, 1.82) is 0 Å². The van der Waals surface area contributed by atoms with Crippen LogP contribution in [0.25, 0.3) is 0 Å². The molecule has 112 valence electrons. The number of aryl methyl sites for hydroxylation is 1. The fourth-order valence-electron chi connectivity index (χ4n) is 2.10. The second-order valence-corrected chi connectivity index (χ2v) is 6.21. The first-order valence-corrected chi connectivity index (χ1v) is 8.25. The average molecular weight is 372 g/mol. The van der Waals surface area contributed by atoms with E-state index < -0.39 is 0 Å². The van der Waals surface area contributed by atoms with Crippen molar-refractivity contribution in [2.24, 2.45) is 0 Å². The third-order valence-corrected chi connectivity index (χ3v) is 4.23. The summed E-state index contributed by atoms with van der Waals surface area (Å²) in [5.41, 5.74) is 2.46. The Hall–Kier alpha value is -1.06. The van der Waals surface area contributed by atoms with Crippen LogP contribution >= 0.6 is 27.5 Å². The van der Waals surface area contributed by atoms with Gasteiger partial charge in [-0.1, -0.05) is 47.4 Å². The highest BCUT2D eigenvalue weighted by molar-refractivity contribution is 9.08. The lowest BCUT2D eigenvalue weighted by atomic mass is 10.0. The van der Waals surface area contributed by atoms with Gasteiger partial charge in [0.15, 0.2) is 0 Å². The van der Waals surface area contributed by atoms with Gasteiger partial charge in [0.25, 0.3) is 0 Å². The number of ether oxygens (including phenoxy) is 1. The first-order valence-electron chi connectivity index (χ1n) is 6.75. The topological polar surface area (TPSA) is 9.23 Å². The number of benzene rings is 2. The minimum absolute atomic E-state index is 0.278. The summed E-state index contributed by atoms with van der Waals surface area (Å²) in [5.74, 6) is 1.24. The number of halogens is 3. The highest BCUT2D eigenvalue weighted by atomic mass is 79.9. The number of alkyl halides is 1. The molecule has 0 saturated carbocycles. The van der Waals surface area contributed by atoms with E-state index in [2.05, 4.69) is 29.8 Å². The Morgan fingerprint density at radius 3 is 2.57 bits per heavy atom. The zero-order chi connectivity index (χ0) is 15.6. The summed E-state index contributed by atoms with van der Waals surface area (Å²) in [6.07, 6.45) is 0. The Labute approximate surface area is 138 Å². The third-order valence-electron chi connectivity index (χ3n) is 3.35. The summed E-state index contributed by atoms with van der Waals surface area (Å²) in [6.45, 7) is 6.08. The molecular formula is C17H17BrClFO. The molecule has 2 rings (SSSR count). The Morgan fingerprint density at radius 2 is 1.95 bits per heavy atom. The molecule has 0 unspecified atom stereocenters. The Morgan fingerprint density at radius 1 is 1.24 bits per heavy atom. The number of hydrogen-bond acceptors (Lipinski definition) is 1. The molecule has 0 aliphatic carbocycles. The SMILES string of the molecule is Cc1cc(Cl)c(C(C)C)cc1Oc1cccc(F)c1CBr. The predicted molar refractivity (Wildman–Crippen MR) is 89.4 cm³/mol. The maximum Gasteiger partial charge on any atom is 0.134 e. The Kier molecular flexibility index (Phi) is 5.28. The van der Waals surface area contributed by atoms with Crippen LogP contribution < -0.4 is 4.74 Å². The van der Waals surface area contributed by atoms with Crippen molar-refractivity contribution in [3.8, 4) is 11.5 Å². The zero-order valence-corrected chi connectivity index (χ0v) is 14.6. The van der Waals surface area contributed by atoms with Crippen LogP contribution in [0.15, 0.2) is 30.3 Å². The van der Waals surface area contributed by atoms with Gasteiger partial charge in [-0.05, 0) is 48.2 Å². The van der Waals surface area contributed by atoms with Crippen LogP contribution in [0, 0.1) is 12.7 Å². The van der Waals surface area contributed by atoms with Gasteiger partial charge in [0.05, 0.1) is 0 Å². The van der Waals surface area contributed by atoms with Gasteiger partial charge >= 0.3 is 0 Å². The molecule has 0 N–H and O–H groups in total. The lowest BCUT2D eigenvalue weighted by molar-refractivity contribution is 0.466. The third kappa shape index (κ3) is 3.58. The van der Waals surface area contributed by atoms with Gasteiger partial charge in [0.2, 0.25) is 0 Å². The van der Waals surface area contributed by atoms with Crippen molar-refractivity contribution in [3.05, 3.63) is 57.9 Å². The maximum absolute atomic E-state index is 13.8. The summed E-state index contributed by atoms with van der Waals surface area (Å²) >= 11 is 9.56. The Balaban J connectivity index is 2.45. The molecule has 0 radical (unpaired) electrons. The van der Waals surface area contributed by atoms with Gasteiger partial charge in [-0.25, -0.2) is 4.39 Å². The average Bonchev–Trinajstić information content (AvgIpc) is 2.41. The Bertz CT molecular complexity index is 655. The fraction of sp³-hybridized carbons (Fsp3) is 0.294. The van der Waals surface area contributed by atoms with Crippen molar-refractivity contribution >= 4 is 27.5 Å². The molecule has 0 fully saturated rings. The lowest BCUT2D eigenvalue weighted by Crippen LogP contribution is -1.97. The van der Waals surface area contributed by atoms with Crippen LogP contribution in [0.5, 0.6) is 11.5 Å². The summed E-state index contributed by atoms with van der Waals surface area (Å²) in [7, 11) is 0. The monoisotopic (exact) mass is 370 g/mol. The maximum atomic E-state index is 13.8. The van der Waals surface area contributed by atoms with Gasteiger partial charge in [-0.2, -0.15) is 0 Å². The highest BCUT2D eigenvalue weighted by Gasteiger charge is 2.13. The van der Waals surface area contributed by atoms with E-state index in [1.54, 1.807) is 12.1 Å². The summed E-state index contributed by atoms with van der Waals surface area (Å²) in [6, 6.07) is 8.66. The molecule has 2 aromatic rings. The van der Waals surface area contributed by atoms with Crippen molar-refractivity contribution in [2.75, 3.05) is 0 Å². The van der Waals surface area contributed by atoms with E-state index in [0.29, 0.717) is 28.3 Å². The normalized spacial score (nSPS) is 11.0. The van der Waals surface area contributed by atoms with E-state index in [9.17, 15) is 4.39 Å². The van der Waals surface area contributed by atoms with Crippen LogP contribution in [0.4, 0.5) is 4.39 Å². The van der Waals surface area contributed by atoms with Crippen LogP contribution in [-0.4, -0.2) is 0 Å². The second kappa shape index (κ2) is 6.80. The second-order valence-electron chi connectivity index (χ2n) is 5.25. The van der Waals surface area contributed by atoms with E-state index >= 15 is 0 Å². The van der Waals surface area contributed by atoms with Gasteiger partial charge in [-0.15, -0.1) is 0 Å². The van der Waals surface area contributed by atoms with E-state index in [0.717, 1.165) is 16.1 Å². The molecule has 2 aromatic carbocycles. The molecule has 0 spiro atoms. The largest absolute Gasteiger partial charge is 0.457 e. The van der Waals surface area contributed by atoms with E-state index in [1.807, 2.05) is 19.1 Å². The number of rotatable bonds is 4. The molecular weight excluding hydrogens is 355 g/mol. The molecule has 0 bridgehead atoms. The van der Waals surface area contributed by atoms with Crippen LogP contribution in [-0.2, 0) is 5.33 Å². The predicted octanol–water partition coefficient (Wildman–Crippen LogP) is 6.60. The number of hydrogen-bond donors (Lipinski definition) is 0. The molecule has 0 aliphatic heterocycles. The molecule has 4 heteroatoms. The molecule has 1 nitrogen and oxygen atoms in total. The van der Waals surface area contributed by atoms with Gasteiger partial charge in [0, 0.05) is 15.9 Å². The smallest absolute Gasteiger partial charge is 0.134 e. The van der Waals surface area contributed by atoms with Gasteiger partial charge < -0.3 is 4.74 Å². The van der Waals surface area contributed by atoms with Gasteiger partial charge in [0.1, 0.15) is 17.3 Å². The molecule has 0 saturated heterocycles. The van der Waals surface area contributed by atoms with E-state index in [-0.39, 0.29) is 5.82 Å². The standard InChI is InChI=1S/C17H17BrClFO/c1-10(2)12-8-17(11(3)7-14(12)19)21-16-6-4-5-15(20)13(16)9-18/h4-8,10H,9H2,1-3H3. The summed E-state index contributed by atoms with van der Waals surface area (Å²) in [4.78, 5) is 0. The summed E-state index contributed by atoms with van der Waals surface area (Å²) in [5, 5.41) is 1.13. The fourth-order valence-corrected chi connectivity index (χ4v) is 3.08. The van der Waals surface area contributed by atoms with Crippen molar-refractivity contribution in [2.45, 2.75) is 32.0 Å². The van der Waals surface area contributed by atoms with E-state index in [1.165, 1.54) is 6.07 Å². The quantitative estimate of drug-likeness (QED) is 0.550. The molecule has 0 heterocycles.